The molecule has 0 aliphatic carbocycles. The maximum absolute atomic E-state index is 11.6. The van der Waals surface area contributed by atoms with Crippen LogP contribution in [0, 0.1) is 0 Å². The van der Waals surface area contributed by atoms with Gasteiger partial charge in [-0.05, 0) is 18.9 Å². The lowest BCUT2D eigenvalue weighted by Gasteiger charge is -2.04. The van der Waals surface area contributed by atoms with E-state index in [-0.39, 0.29) is 23.1 Å². The minimum absolute atomic E-state index is 0.217. The summed E-state index contributed by atoms with van der Waals surface area (Å²) in [5.74, 6) is -0.517. The van der Waals surface area contributed by atoms with E-state index in [4.69, 9.17) is 0 Å². The fraction of sp³-hybridized carbons (Fsp3) is 0.462. The highest BCUT2D eigenvalue weighted by molar-refractivity contribution is 5.92. The van der Waals surface area contributed by atoms with E-state index >= 15 is 0 Å². The monoisotopic (exact) mass is 266 g/mol. The number of hydrogen-bond acceptors (Lipinski definition) is 4. The average molecular weight is 266 g/mol. The molecule has 1 aromatic rings. The summed E-state index contributed by atoms with van der Waals surface area (Å²) in [6, 6.07) is 4.43. The van der Waals surface area contributed by atoms with Gasteiger partial charge in [-0.1, -0.05) is 12.5 Å². The van der Waals surface area contributed by atoms with Crippen LogP contribution in [-0.4, -0.2) is 30.5 Å². The van der Waals surface area contributed by atoms with Crippen molar-refractivity contribution in [1.82, 2.24) is 10.3 Å². The maximum atomic E-state index is 11.6. The molecule has 0 saturated heterocycles. The predicted octanol–water partition coefficient (Wildman–Crippen LogP) is 0.838. The third-order valence-corrected chi connectivity index (χ3v) is 2.58. The molecule has 2 N–H and O–H groups in total. The van der Waals surface area contributed by atoms with Crippen molar-refractivity contribution in [2.45, 2.75) is 25.7 Å². The number of methoxy groups -OCH3 is 1. The fourth-order valence-corrected chi connectivity index (χ4v) is 1.55. The lowest BCUT2D eigenvalue weighted by molar-refractivity contribution is -0.140. The molecule has 1 rings (SSSR count). The van der Waals surface area contributed by atoms with E-state index in [1.807, 2.05) is 0 Å². The number of pyridine rings is 1. The van der Waals surface area contributed by atoms with Gasteiger partial charge in [0.2, 0.25) is 5.56 Å². The van der Waals surface area contributed by atoms with E-state index in [2.05, 4.69) is 15.0 Å². The molecule has 1 amide bonds. The minimum Gasteiger partial charge on any atom is -0.469 e. The largest absolute Gasteiger partial charge is 0.469 e. The fourth-order valence-electron chi connectivity index (χ4n) is 1.55. The summed E-state index contributed by atoms with van der Waals surface area (Å²) in [5.41, 5.74) is -0.0483. The van der Waals surface area contributed by atoms with Crippen LogP contribution < -0.4 is 10.9 Å². The molecule has 0 aliphatic rings. The zero-order valence-corrected chi connectivity index (χ0v) is 10.9. The third kappa shape index (κ3) is 5.85. The van der Waals surface area contributed by atoms with E-state index in [0.717, 1.165) is 19.3 Å². The van der Waals surface area contributed by atoms with E-state index in [1.165, 1.54) is 19.2 Å². The van der Waals surface area contributed by atoms with Crippen molar-refractivity contribution in [1.29, 1.82) is 0 Å². The number of carbonyl (C=O) groups is 2. The van der Waals surface area contributed by atoms with Crippen LogP contribution in [0.25, 0.3) is 0 Å². The molecule has 0 unspecified atom stereocenters. The highest BCUT2D eigenvalue weighted by Gasteiger charge is 2.05. The highest BCUT2D eigenvalue weighted by Crippen LogP contribution is 2.00. The average Bonchev–Trinajstić information content (AvgIpc) is 2.42. The Morgan fingerprint density at radius 3 is 2.74 bits per heavy atom. The minimum atomic E-state index is -0.300. The maximum Gasteiger partial charge on any atom is 0.305 e. The number of aromatic nitrogens is 1. The summed E-state index contributed by atoms with van der Waals surface area (Å²) < 4.78 is 4.52. The zero-order valence-electron chi connectivity index (χ0n) is 10.9. The Labute approximate surface area is 111 Å². The number of amides is 1. The van der Waals surface area contributed by atoms with Crippen molar-refractivity contribution in [2.75, 3.05) is 13.7 Å². The van der Waals surface area contributed by atoms with E-state index in [9.17, 15) is 14.4 Å². The molecule has 0 fully saturated rings. The van der Waals surface area contributed by atoms with Gasteiger partial charge in [0.05, 0.1) is 7.11 Å². The Kier molecular flexibility index (Phi) is 6.35. The first-order valence-electron chi connectivity index (χ1n) is 6.18. The lowest BCUT2D eigenvalue weighted by Crippen LogP contribution is -2.27. The van der Waals surface area contributed by atoms with Crippen molar-refractivity contribution >= 4 is 11.9 Å². The summed E-state index contributed by atoms with van der Waals surface area (Å²) in [7, 11) is 1.36. The Morgan fingerprint density at radius 2 is 2.05 bits per heavy atom. The SMILES string of the molecule is COC(=O)CCCCCNC(=O)c1cccc(=O)[nH]1. The summed E-state index contributed by atoms with van der Waals surface area (Å²) in [4.78, 5) is 35.9. The van der Waals surface area contributed by atoms with E-state index < -0.39 is 0 Å². The summed E-state index contributed by atoms with van der Waals surface area (Å²) >= 11 is 0. The number of hydrogen-bond donors (Lipinski definition) is 2. The molecule has 0 spiro atoms. The van der Waals surface area contributed by atoms with Crippen LogP contribution in [0.5, 0.6) is 0 Å². The van der Waals surface area contributed by atoms with Gasteiger partial charge in [-0.15, -0.1) is 0 Å². The third-order valence-electron chi connectivity index (χ3n) is 2.58. The van der Waals surface area contributed by atoms with Gasteiger partial charge in [0, 0.05) is 19.0 Å². The van der Waals surface area contributed by atoms with Crippen LogP contribution in [0.15, 0.2) is 23.0 Å². The van der Waals surface area contributed by atoms with Gasteiger partial charge >= 0.3 is 5.97 Å². The summed E-state index contributed by atoms with van der Waals surface area (Å²) in [5, 5.41) is 2.70. The first-order valence-corrected chi connectivity index (χ1v) is 6.18. The normalized spacial score (nSPS) is 9.95. The van der Waals surface area contributed by atoms with Crippen molar-refractivity contribution < 1.29 is 14.3 Å². The number of aromatic amines is 1. The number of H-pyrrole nitrogens is 1. The Balaban J connectivity index is 2.18. The lowest BCUT2D eigenvalue weighted by atomic mass is 10.2. The molecule has 6 nitrogen and oxygen atoms in total. The number of rotatable bonds is 7. The van der Waals surface area contributed by atoms with Crippen molar-refractivity contribution in [3.8, 4) is 0 Å². The van der Waals surface area contributed by atoms with Crippen LogP contribution in [0.3, 0.4) is 0 Å². The Hall–Kier alpha value is -2.11. The molecule has 1 aromatic heterocycles. The molecule has 104 valence electrons. The topological polar surface area (TPSA) is 88.3 Å². The Morgan fingerprint density at radius 1 is 1.26 bits per heavy atom. The number of ether oxygens (including phenoxy) is 1. The first-order chi connectivity index (χ1) is 9.13. The van der Waals surface area contributed by atoms with E-state index in [0.29, 0.717) is 13.0 Å². The molecule has 6 heteroatoms. The quantitative estimate of drug-likeness (QED) is 0.565. The molecule has 0 bridgehead atoms. The van der Waals surface area contributed by atoms with Crippen LogP contribution in [-0.2, 0) is 9.53 Å². The highest BCUT2D eigenvalue weighted by atomic mass is 16.5. The summed E-state index contributed by atoms with van der Waals surface area (Å²) in [6.45, 7) is 0.511. The van der Waals surface area contributed by atoms with Gasteiger partial charge in [-0.3, -0.25) is 14.4 Å². The number of carbonyl (C=O) groups excluding carboxylic acids is 2. The van der Waals surface area contributed by atoms with Gasteiger partial charge < -0.3 is 15.0 Å². The van der Waals surface area contributed by atoms with Gasteiger partial charge in [0.25, 0.3) is 5.91 Å². The first kappa shape index (κ1) is 14.9. The number of nitrogens with one attached hydrogen (secondary N) is 2. The van der Waals surface area contributed by atoms with Crippen molar-refractivity contribution in [2.24, 2.45) is 0 Å². The van der Waals surface area contributed by atoms with Crippen LogP contribution in [0.4, 0.5) is 0 Å². The Bertz CT molecular complexity index is 482. The molecule has 0 radical (unpaired) electrons. The molecule has 19 heavy (non-hydrogen) atoms. The van der Waals surface area contributed by atoms with Gasteiger partial charge in [-0.25, -0.2) is 0 Å². The number of esters is 1. The summed E-state index contributed by atoms with van der Waals surface area (Å²) in [6.07, 6.45) is 2.75. The second kappa shape index (κ2) is 8.07. The molecule has 1 heterocycles. The number of unbranched alkanes of at least 4 members (excludes halogenated alkanes) is 2. The molecular weight excluding hydrogens is 248 g/mol. The van der Waals surface area contributed by atoms with Crippen LogP contribution >= 0.6 is 0 Å². The van der Waals surface area contributed by atoms with Crippen molar-refractivity contribution in [3.05, 3.63) is 34.2 Å². The zero-order chi connectivity index (χ0) is 14.1. The smallest absolute Gasteiger partial charge is 0.305 e. The predicted molar refractivity (Wildman–Crippen MR) is 69.9 cm³/mol. The standard InChI is InChI=1S/C13H18N2O4/c1-19-12(17)8-3-2-4-9-14-13(18)10-6-5-7-11(16)15-10/h5-7H,2-4,8-9H2,1H3,(H,14,18)(H,15,16). The van der Waals surface area contributed by atoms with Crippen LogP contribution in [0.1, 0.15) is 36.2 Å². The van der Waals surface area contributed by atoms with Gasteiger partial charge in [0.15, 0.2) is 0 Å². The van der Waals surface area contributed by atoms with Gasteiger partial charge in [-0.2, -0.15) is 0 Å². The molecule has 0 atom stereocenters. The second-order valence-electron chi connectivity index (χ2n) is 4.07. The molecule has 0 aliphatic heterocycles. The van der Waals surface area contributed by atoms with Crippen LogP contribution in [0.2, 0.25) is 0 Å². The van der Waals surface area contributed by atoms with Crippen molar-refractivity contribution in [3.63, 3.8) is 0 Å². The molecule has 0 aromatic carbocycles. The van der Waals surface area contributed by atoms with Gasteiger partial charge in [0.1, 0.15) is 5.69 Å². The van der Waals surface area contributed by atoms with E-state index in [1.54, 1.807) is 6.07 Å². The second-order valence-corrected chi connectivity index (χ2v) is 4.07. The molecular formula is C13H18N2O4. The molecule has 0 saturated carbocycles.